The van der Waals surface area contributed by atoms with E-state index < -0.39 is 0 Å². The SMILES string of the molecule is C[C@H](c1ccc(Cl)cc1Cl)n1nnc2ncc(Br)cc21. The summed E-state index contributed by atoms with van der Waals surface area (Å²) in [4.78, 5) is 4.22. The van der Waals surface area contributed by atoms with E-state index in [-0.39, 0.29) is 6.04 Å². The predicted molar refractivity (Wildman–Crippen MR) is 83.3 cm³/mol. The molecule has 1 aromatic carbocycles. The third-order valence-electron chi connectivity index (χ3n) is 3.08. The first kappa shape index (κ1) is 13.8. The Morgan fingerprint density at radius 3 is 2.80 bits per heavy atom. The van der Waals surface area contributed by atoms with Gasteiger partial charge in [-0.25, -0.2) is 9.67 Å². The molecule has 0 spiro atoms. The average molecular weight is 372 g/mol. The van der Waals surface area contributed by atoms with E-state index in [4.69, 9.17) is 23.2 Å². The van der Waals surface area contributed by atoms with Crippen molar-refractivity contribution in [3.63, 3.8) is 0 Å². The quantitative estimate of drug-likeness (QED) is 0.665. The lowest BCUT2D eigenvalue weighted by Crippen LogP contribution is -2.09. The summed E-state index contributed by atoms with van der Waals surface area (Å²) < 4.78 is 2.67. The highest BCUT2D eigenvalue weighted by Crippen LogP contribution is 2.30. The van der Waals surface area contributed by atoms with Crippen molar-refractivity contribution in [2.45, 2.75) is 13.0 Å². The van der Waals surface area contributed by atoms with Gasteiger partial charge in [-0.3, -0.25) is 0 Å². The first-order valence-electron chi connectivity index (χ1n) is 5.87. The van der Waals surface area contributed by atoms with Crippen LogP contribution in [0.4, 0.5) is 0 Å². The van der Waals surface area contributed by atoms with Crippen molar-refractivity contribution < 1.29 is 0 Å². The Balaban J connectivity index is 2.12. The third-order valence-corrected chi connectivity index (χ3v) is 4.07. The van der Waals surface area contributed by atoms with Gasteiger partial charge in [0.2, 0.25) is 5.65 Å². The highest BCUT2D eigenvalue weighted by Gasteiger charge is 2.16. The van der Waals surface area contributed by atoms with Crippen molar-refractivity contribution >= 4 is 50.3 Å². The van der Waals surface area contributed by atoms with Crippen molar-refractivity contribution in [2.75, 3.05) is 0 Å². The van der Waals surface area contributed by atoms with Gasteiger partial charge in [-0.15, -0.1) is 5.10 Å². The summed E-state index contributed by atoms with van der Waals surface area (Å²) in [5, 5.41) is 9.45. The molecule has 0 aliphatic heterocycles. The maximum absolute atomic E-state index is 6.25. The molecule has 0 saturated carbocycles. The molecule has 102 valence electrons. The predicted octanol–water partition coefficient (Wildman–Crippen LogP) is 4.50. The fourth-order valence-corrected chi connectivity index (χ4v) is 2.95. The molecule has 2 aromatic heterocycles. The Morgan fingerprint density at radius 1 is 1.25 bits per heavy atom. The maximum Gasteiger partial charge on any atom is 0.201 e. The zero-order chi connectivity index (χ0) is 14.3. The summed E-state index contributed by atoms with van der Waals surface area (Å²) in [6, 6.07) is 7.30. The van der Waals surface area contributed by atoms with Gasteiger partial charge < -0.3 is 0 Å². The van der Waals surface area contributed by atoms with Crippen LogP contribution in [0.3, 0.4) is 0 Å². The van der Waals surface area contributed by atoms with E-state index in [1.54, 1.807) is 16.9 Å². The molecule has 0 saturated heterocycles. The minimum Gasteiger partial charge on any atom is -0.236 e. The zero-order valence-corrected chi connectivity index (χ0v) is 13.5. The molecule has 1 atom stereocenters. The van der Waals surface area contributed by atoms with Crippen LogP contribution >= 0.6 is 39.1 Å². The number of halogens is 3. The summed E-state index contributed by atoms with van der Waals surface area (Å²) in [6.07, 6.45) is 1.70. The number of aromatic nitrogens is 4. The molecule has 0 N–H and O–H groups in total. The van der Waals surface area contributed by atoms with Gasteiger partial charge in [0.25, 0.3) is 0 Å². The second kappa shape index (κ2) is 5.31. The van der Waals surface area contributed by atoms with E-state index in [1.165, 1.54) is 0 Å². The Kier molecular flexibility index (Phi) is 3.67. The molecule has 0 radical (unpaired) electrons. The molecule has 3 rings (SSSR count). The molecule has 3 aromatic rings. The summed E-state index contributed by atoms with van der Waals surface area (Å²) in [7, 11) is 0. The zero-order valence-electron chi connectivity index (χ0n) is 10.4. The van der Waals surface area contributed by atoms with Crippen molar-refractivity contribution in [1.29, 1.82) is 0 Å². The van der Waals surface area contributed by atoms with Gasteiger partial charge in [-0.05, 0) is 46.6 Å². The molecular weight excluding hydrogens is 363 g/mol. The highest BCUT2D eigenvalue weighted by atomic mass is 79.9. The van der Waals surface area contributed by atoms with Crippen LogP contribution in [0, 0.1) is 0 Å². The normalized spacial score (nSPS) is 12.8. The standard InChI is InChI=1S/C13H9BrCl2N4/c1-7(10-3-2-9(15)5-11(10)16)20-12-4-8(14)6-17-13(12)18-19-20/h2-7H,1H3/t7-/m1/s1. The van der Waals surface area contributed by atoms with Gasteiger partial charge in [0.15, 0.2) is 0 Å². The Labute approximate surface area is 133 Å². The summed E-state index contributed by atoms with van der Waals surface area (Å²) in [5.74, 6) is 0. The van der Waals surface area contributed by atoms with Crippen LogP contribution in [-0.4, -0.2) is 20.0 Å². The molecule has 0 unspecified atom stereocenters. The maximum atomic E-state index is 6.25. The number of hydrogen-bond acceptors (Lipinski definition) is 3. The molecule has 4 nitrogen and oxygen atoms in total. The number of fused-ring (bicyclic) bond motifs is 1. The molecule has 20 heavy (non-hydrogen) atoms. The highest BCUT2D eigenvalue weighted by molar-refractivity contribution is 9.10. The van der Waals surface area contributed by atoms with E-state index in [0.717, 1.165) is 15.6 Å². The molecule has 0 bridgehead atoms. The van der Waals surface area contributed by atoms with Crippen molar-refractivity contribution in [3.8, 4) is 0 Å². The second-order valence-corrected chi connectivity index (χ2v) is 6.13. The van der Waals surface area contributed by atoms with Crippen LogP contribution in [0.1, 0.15) is 18.5 Å². The number of rotatable bonds is 2. The molecule has 0 amide bonds. The van der Waals surface area contributed by atoms with E-state index in [2.05, 4.69) is 31.2 Å². The van der Waals surface area contributed by atoms with Crippen molar-refractivity contribution in [2.24, 2.45) is 0 Å². The van der Waals surface area contributed by atoms with Gasteiger partial charge in [0, 0.05) is 20.7 Å². The second-order valence-electron chi connectivity index (χ2n) is 4.37. The monoisotopic (exact) mass is 370 g/mol. The molecule has 0 fully saturated rings. The third kappa shape index (κ3) is 2.41. The van der Waals surface area contributed by atoms with E-state index in [1.807, 2.05) is 25.1 Å². The van der Waals surface area contributed by atoms with Crippen LogP contribution in [0.5, 0.6) is 0 Å². The number of hydrogen-bond donors (Lipinski definition) is 0. The summed E-state index contributed by atoms with van der Waals surface area (Å²) >= 11 is 15.6. The largest absolute Gasteiger partial charge is 0.236 e. The Bertz CT molecular complexity index is 787. The topological polar surface area (TPSA) is 43.6 Å². The molecule has 0 aliphatic rings. The fourth-order valence-electron chi connectivity index (χ4n) is 2.06. The average Bonchev–Trinajstić information content (AvgIpc) is 2.81. The number of pyridine rings is 1. The minimum atomic E-state index is -0.0686. The van der Waals surface area contributed by atoms with Crippen molar-refractivity contribution in [3.05, 3.63) is 50.5 Å². The van der Waals surface area contributed by atoms with Gasteiger partial charge in [0.1, 0.15) is 5.52 Å². The van der Waals surface area contributed by atoms with Gasteiger partial charge >= 0.3 is 0 Å². The number of nitrogens with zero attached hydrogens (tertiary/aromatic N) is 4. The first-order chi connectivity index (χ1) is 9.56. The fraction of sp³-hybridized carbons (Fsp3) is 0.154. The van der Waals surface area contributed by atoms with Crippen LogP contribution in [0.25, 0.3) is 11.2 Å². The van der Waals surface area contributed by atoms with E-state index in [0.29, 0.717) is 15.7 Å². The van der Waals surface area contributed by atoms with Gasteiger partial charge in [-0.1, -0.05) is 34.5 Å². The van der Waals surface area contributed by atoms with Crippen LogP contribution < -0.4 is 0 Å². The Hall–Kier alpha value is -1.17. The first-order valence-corrected chi connectivity index (χ1v) is 7.42. The van der Waals surface area contributed by atoms with Crippen LogP contribution in [0.15, 0.2) is 34.9 Å². The smallest absolute Gasteiger partial charge is 0.201 e. The number of benzene rings is 1. The molecule has 0 aliphatic carbocycles. The summed E-state index contributed by atoms with van der Waals surface area (Å²) in [5.41, 5.74) is 2.38. The Morgan fingerprint density at radius 2 is 2.05 bits per heavy atom. The van der Waals surface area contributed by atoms with E-state index in [9.17, 15) is 0 Å². The lowest BCUT2D eigenvalue weighted by atomic mass is 10.1. The van der Waals surface area contributed by atoms with Gasteiger partial charge in [-0.2, -0.15) is 0 Å². The van der Waals surface area contributed by atoms with Gasteiger partial charge in [0.05, 0.1) is 6.04 Å². The summed E-state index contributed by atoms with van der Waals surface area (Å²) in [6.45, 7) is 2.00. The van der Waals surface area contributed by atoms with Crippen LogP contribution in [0.2, 0.25) is 10.0 Å². The van der Waals surface area contributed by atoms with Crippen LogP contribution in [-0.2, 0) is 0 Å². The molecular formula is C13H9BrCl2N4. The minimum absolute atomic E-state index is 0.0686. The lowest BCUT2D eigenvalue weighted by molar-refractivity contribution is 0.560. The molecule has 2 heterocycles. The molecule has 7 heteroatoms. The lowest BCUT2D eigenvalue weighted by Gasteiger charge is -2.14. The van der Waals surface area contributed by atoms with Crippen molar-refractivity contribution in [1.82, 2.24) is 20.0 Å². The van der Waals surface area contributed by atoms with E-state index >= 15 is 0 Å².